The second-order valence-corrected chi connectivity index (χ2v) is 7.60. The molecule has 3 rings (SSSR count). The second-order valence-electron chi connectivity index (χ2n) is 5.92. The molecular weight excluding hydrogens is 322 g/mol. The molecule has 0 saturated carbocycles. The number of nitrogens with zero attached hydrogens (tertiary/aromatic N) is 2. The Morgan fingerprint density at radius 3 is 2.50 bits per heavy atom. The molecule has 5 nitrogen and oxygen atoms in total. The second kappa shape index (κ2) is 6.28. The standard InChI is InChI=1S/C18H21N3O2S/c1-4-5-14-6-9-16(10-7-14)24(22,23)20-15-8-11-18-17(12-15)19-13(2)21(18)3/h6-12,20H,4-5H2,1-3H3. The largest absolute Gasteiger partial charge is 0.331 e. The number of rotatable bonds is 5. The van der Waals surface area contributed by atoms with Gasteiger partial charge in [0.25, 0.3) is 10.0 Å². The molecular formula is C18H21N3O2S. The number of sulfonamides is 1. The number of hydrogen-bond donors (Lipinski definition) is 1. The van der Waals surface area contributed by atoms with E-state index in [9.17, 15) is 8.42 Å². The van der Waals surface area contributed by atoms with E-state index in [2.05, 4.69) is 16.6 Å². The van der Waals surface area contributed by atoms with Gasteiger partial charge in [-0.25, -0.2) is 13.4 Å². The van der Waals surface area contributed by atoms with E-state index >= 15 is 0 Å². The molecule has 2 aromatic carbocycles. The van der Waals surface area contributed by atoms with Crippen molar-refractivity contribution in [1.29, 1.82) is 0 Å². The number of fused-ring (bicyclic) bond motifs is 1. The van der Waals surface area contributed by atoms with Crippen LogP contribution in [0.5, 0.6) is 0 Å². The van der Waals surface area contributed by atoms with Crippen LogP contribution < -0.4 is 4.72 Å². The Bertz CT molecular complexity index is 973. The first-order valence-corrected chi connectivity index (χ1v) is 9.44. The number of hydrogen-bond acceptors (Lipinski definition) is 3. The lowest BCUT2D eigenvalue weighted by atomic mass is 10.1. The van der Waals surface area contributed by atoms with Gasteiger partial charge in [-0.05, 0) is 49.2 Å². The predicted molar refractivity (Wildman–Crippen MR) is 96.7 cm³/mol. The predicted octanol–water partition coefficient (Wildman–Crippen LogP) is 3.64. The highest BCUT2D eigenvalue weighted by molar-refractivity contribution is 7.92. The van der Waals surface area contributed by atoms with Crippen molar-refractivity contribution in [2.45, 2.75) is 31.6 Å². The summed E-state index contributed by atoms with van der Waals surface area (Å²) in [5.74, 6) is 0.886. The van der Waals surface area contributed by atoms with Crippen molar-refractivity contribution in [2.24, 2.45) is 7.05 Å². The van der Waals surface area contributed by atoms with Crippen molar-refractivity contribution in [3.05, 3.63) is 53.9 Å². The average Bonchev–Trinajstić information content (AvgIpc) is 2.82. The third-order valence-corrected chi connectivity index (χ3v) is 5.53. The maximum absolute atomic E-state index is 12.5. The van der Waals surface area contributed by atoms with Crippen LogP contribution in [0.4, 0.5) is 5.69 Å². The minimum Gasteiger partial charge on any atom is -0.331 e. The Hall–Kier alpha value is -2.34. The van der Waals surface area contributed by atoms with Gasteiger partial charge < -0.3 is 4.57 Å². The molecule has 126 valence electrons. The van der Waals surface area contributed by atoms with Crippen molar-refractivity contribution < 1.29 is 8.42 Å². The van der Waals surface area contributed by atoms with Gasteiger partial charge in [-0.2, -0.15) is 0 Å². The fourth-order valence-corrected chi connectivity index (χ4v) is 3.77. The highest BCUT2D eigenvalue weighted by atomic mass is 32.2. The first-order chi connectivity index (χ1) is 11.4. The van der Waals surface area contributed by atoms with Crippen LogP contribution in [-0.2, 0) is 23.5 Å². The van der Waals surface area contributed by atoms with Crippen LogP contribution in [0.1, 0.15) is 24.7 Å². The summed E-state index contributed by atoms with van der Waals surface area (Å²) in [5, 5.41) is 0. The summed E-state index contributed by atoms with van der Waals surface area (Å²) in [4.78, 5) is 4.70. The average molecular weight is 343 g/mol. The van der Waals surface area contributed by atoms with Crippen LogP contribution in [0.2, 0.25) is 0 Å². The monoisotopic (exact) mass is 343 g/mol. The smallest absolute Gasteiger partial charge is 0.261 e. The van der Waals surface area contributed by atoms with Gasteiger partial charge in [0.15, 0.2) is 0 Å². The van der Waals surface area contributed by atoms with E-state index in [1.165, 1.54) is 0 Å². The summed E-state index contributed by atoms with van der Waals surface area (Å²) in [5.41, 5.74) is 3.40. The first kappa shape index (κ1) is 16.5. The van der Waals surface area contributed by atoms with Crippen molar-refractivity contribution in [2.75, 3.05) is 4.72 Å². The van der Waals surface area contributed by atoms with Gasteiger partial charge in [-0.3, -0.25) is 4.72 Å². The Morgan fingerprint density at radius 1 is 1.12 bits per heavy atom. The highest BCUT2D eigenvalue weighted by Crippen LogP contribution is 2.22. The molecule has 1 aromatic heterocycles. The highest BCUT2D eigenvalue weighted by Gasteiger charge is 2.15. The van der Waals surface area contributed by atoms with Gasteiger partial charge in [0.2, 0.25) is 0 Å². The van der Waals surface area contributed by atoms with Gasteiger partial charge in [-0.1, -0.05) is 25.5 Å². The van der Waals surface area contributed by atoms with Crippen molar-refractivity contribution >= 4 is 26.7 Å². The van der Waals surface area contributed by atoms with Crippen molar-refractivity contribution in [3.63, 3.8) is 0 Å². The maximum atomic E-state index is 12.5. The quantitative estimate of drug-likeness (QED) is 0.769. The Morgan fingerprint density at radius 2 is 1.83 bits per heavy atom. The summed E-state index contributed by atoms with van der Waals surface area (Å²) < 4.78 is 29.7. The first-order valence-electron chi connectivity index (χ1n) is 7.95. The molecule has 1 heterocycles. The number of benzene rings is 2. The topological polar surface area (TPSA) is 64.0 Å². The molecule has 0 atom stereocenters. The van der Waals surface area contributed by atoms with E-state index < -0.39 is 10.0 Å². The zero-order chi connectivity index (χ0) is 17.3. The number of imidazole rings is 1. The molecule has 0 aliphatic heterocycles. The fourth-order valence-electron chi connectivity index (χ4n) is 2.72. The van der Waals surface area contributed by atoms with E-state index in [-0.39, 0.29) is 4.90 Å². The van der Waals surface area contributed by atoms with Crippen LogP contribution >= 0.6 is 0 Å². The van der Waals surface area contributed by atoms with Crippen LogP contribution in [0, 0.1) is 6.92 Å². The zero-order valence-electron chi connectivity index (χ0n) is 14.1. The van der Waals surface area contributed by atoms with Gasteiger partial charge in [0, 0.05) is 7.05 Å². The van der Waals surface area contributed by atoms with E-state index in [1.807, 2.05) is 36.7 Å². The molecule has 0 fully saturated rings. The SMILES string of the molecule is CCCc1ccc(S(=O)(=O)Nc2ccc3c(c2)nc(C)n3C)cc1. The van der Waals surface area contributed by atoms with E-state index in [1.54, 1.807) is 24.3 Å². The molecule has 0 saturated heterocycles. The van der Waals surface area contributed by atoms with Crippen LogP contribution in [0.15, 0.2) is 47.4 Å². The maximum Gasteiger partial charge on any atom is 0.261 e. The summed E-state index contributed by atoms with van der Waals surface area (Å²) in [6, 6.07) is 12.4. The number of aryl methyl sites for hydroxylation is 3. The third kappa shape index (κ3) is 3.14. The summed E-state index contributed by atoms with van der Waals surface area (Å²) >= 11 is 0. The summed E-state index contributed by atoms with van der Waals surface area (Å²) in [6.07, 6.45) is 1.98. The minimum atomic E-state index is -3.60. The lowest BCUT2D eigenvalue weighted by Gasteiger charge is -2.09. The number of aromatic nitrogens is 2. The lowest BCUT2D eigenvalue weighted by Crippen LogP contribution is -2.12. The normalized spacial score (nSPS) is 11.8. The summed E-state index contributed by atoms with van der Waals surface area (Å²) in [7, 11) is -1.66. The van der Waals surface area contributed by atoms with Crippen molar-refractivity contribution in [3.8, 4) is 0 Å². The van der Waals surface area contributed by atoms with Crippen LogP contribution in [0.3, 0.4) is 0 Å². The molecule has 1 N–H and O–H groups in total. The lowest BCUT2D eigenvalue weighted by molar-refractivity contribution is 0.601. The van der Waals surface area contributed by atoms with Gasteiger partial charge in [-0.15, -0.1) is 0 Å². The van der Waals surface area contributed by atoms with E-state index in [4.69, 9.17) is 0 Å². The molecule has 24 heavy (non-hydrogen) atoms. The third-order valence-electron chi connectivity index (χ3n) is 4.13. The number of anilines is 1. The van der Waals surface area contributed by atoms with Crippen LogP contribution in [-0.4, -0.2) is 18.0 Å². The zero-order valence-corrected chi connectivity index (χ0v) is 14.9. The Labute approximate surface area is 142 Å². The number of nitrogens with one attached hydrogen (secondary N) is 1. The molecule has 0 spiro atoms. The van der Waals surface area contributed by atoms with Crippen LogP contribution in [0.25, 0.3) is 11.0 Å². The van der Waals surface area contributed by atoms with E-state index in [0.29, 0.717) is 5.69 Å². The van der Waals surface area contributed by atoms with Gasteiger partial charge >= 0.3 is 0 Å². The molecule has 0 bridgehead atoms. The molecule has 0 aliphatic carbocycles. The van der Waals surface area contributed by atoms with Crippen molar-refractivity contribution in [1.82, 2.24) is 9.55 Å². The molecule has 0 amide bonds. The molecule has 0 radical (unpaired) electrons. The van der Waals surface area contributed by atoms with Gasteiger partial charge in [0.05, 0.1) is 21.6 Å². The Balaban J connectivity index is 1.88. The van der Waals surface area contributed by atoms with E-state index in [0.717, 1.165) is 35.3 Å². The fraction of sp³-hybridized carbons (Fsp3) is 0.278. The Kier molecular flexibility index (Phi) is 4.32. The summed E-state index contributed by atoms with van der Waals surface area (Å²) in [6.45, 7) is 4.02. The molecule has 0 aliphatic rings. The molecule has 6 heteroatoms. The molecule has 0 unspecified atom stereocenters. The van der Waals surface area contributed by atoms with Gasteiger partial charge in [0.1, 0.15) is 5.82 Å². The minimum absolute atomic E-state index is 0.264. The molecule has 3 aromatic rings.